The predicted molar refractivity (Wildman–Crippen MR) is 37.9 cm³/mol. The van der Waals surface area contributed by atoms with Gasteiger partial charge in [0.1, 0.15) is 0 Å². The SMILES string of the molecule is FC(OC1CCNCC1)C(F)(F)F. The van der Waals surface area contributed by atoms with Crippen LogP contribution in [0.4, 0.5) is 17.6 Å². The fraction of sp³-hybridized carbons (Fsp3) is 1.00. The highest BCUT2D eigenvalue weighted by Crippen LogP contribution is 2.26. The Kier molecular flexibility index (Phi) is 3.49. The van der Waals surface area contributed by atoms with E-state index in [1.165, 1.54) is 0 Å². The van der Waals surface area contributed by atoms with Gasteiger partial charge < -0.3 is 10.1 Å². The summed E-state index contributed by atoms with van der Waals surface area (Å²) in [6.45, 7) is 1.16. The summed E-state index contributed by atoms with van der Waals surface area (Å²) in [5.41, 5.74) is 0. The maximum Gasteiger partial charge on any atom is 0.445 e. The molecule has 0 aliphatic carbocycles. The first-order valence-electron chi connectivity index (χ1n) is 4.07. The lowest BCUT2D eigenvalue weighted by Crippen LogP contribution is -2.38. The lowest BCUT2D eigenvalue weighted by atomic mass is 10.1. The van der Waals surface area contributed by atoms with Crippen LogP contribution in [0.3, 0.4) is 0 Å². The van der Waals surface area contributed by atoms with Crippen LogP contribution in [0.15, 0.2) is 0 Å². The van der Waals surface area contributed by atoms with E-state index in [0.29, 0.717) is 25.9 Å². The van der Waals surface area contributed by atoms with Gasteiger partial charge in [0.2, 0.25) is 0 Å². The van der Waals surface area contributed by atoms with Gasteiger partial charge in [0.05, 0.1) is 6.10 Å². The third-order valence-corrected chi connectivity index (χ3v) is 1.86. The van der Waals surface area contributed by atoms with Gasteiger partial charge in [0, 0.05) is 0 Å². The zero-order valence-electron chi connectivity index (χ0n) is 6.90. The van der Waals surface area contributed by atoms with Crippen LogP contribution < -0.4 is 5.32 Å². The van der Waals surface area contributed by atoms with Crippen LogP contribution in [0, 0.1) is 0 Å². The van der Waals surface area contributed by atoms with Crippen molar-refractivity contribution in [2.45, 2.75) is 31.5 Å². The van der Waals surface area contributed by atoms with Gasteiger partial charge >= 0.3 is 6.18 Å². The van der Waals surface area contributed by atoms with Crippen molar-refractivity contribution in [3.05, 3.63) is 0 Å². The number of hydrogen-bond acceptors (Lipinski definition) is 2. The van der Waals surface area contributed by atoms with Crippen molar-refractivity contribution < 1.29 is 22.3 Å². The summed E-state index contributed by atoms with van der Waals surface area (Å²) in [4.78, 5) is 0. The van der Waals surface area contributed by atoms with Crippen molar-refractivity contribution in [2.75, 3.05) is 13.1 Å². The van der Waals surface area contributed by atoms with Gasteiger partial charge in [-0.05, 0) is 25.9 Å². The second-order valence-corrected chi connectivity index (χ2v) is 2.94. The third kappa shape index (κ3) is 3.48. The number of ether oxygens (including phenoxy) is 1. The molecule has 6 heteroatoms. The number of nitrogens with one attached hydrogen (secondary N) is 1. The Morgan fingerprint density at radius 1 is 1.23 bits per heavy atom. The summed E-state index contributed by atoms with van der Waals surface area (Å²) in [6.07, 6.45) is -7.80. The number of piperidine rings is 1. The first-order valence-corrected chi connectivity index (χ1v) is 4.07. The molecule has 1 saturated heterocycles. The second kappa shape index (κ2) is 4.23. The lowest BCUT2D eigenvalue weighted by Gasteiger charge is -2.25. The maximum absolute atomic E-state index is 12.3. The van der Waals surface area contributed by atoms with E-state index in [2.05, 4.69) is 10.1 Å². The monoisotopic (exact) mass is 201 g/mol. The highest BCUT2D eigenvalue weighted by atomic mass is 19.4. The molecule has 0 amide bonds. The highest BCUT2D eigenvalue weighted by Gasteiger charge is 2.42. The average molecular weight is 201 g/mol. The molecule has 1 heterocycles. The molecule has 0 spiro atoms. The molecule has 0 aromatic rings. The summed E-state index contributed by atoms with van der Waals surface area (Å²) < 4.78 is 51.6. The molecular formula is C7H11F4NO. The molecule has 0 aromatic carbocycles. The van der Waals surface area contributed by atoms with Gasteiger partial charge in [0.15, 0.2) is 0 Å². The zero-order valence-corrected chi connectivity index (χ0v) is 6.90. The van der Waals surface area contributed by atoms with E-state index < -0.39 is 18.6 Å². The van der Waals surface area contributed by atoms with E-state index in [9.17, 15) is 17.6 Å². The molecule has 1 rings (SSSR count). The summed E-state index contributed by atoms with van der Waals surface area (Å²) in [5, 5.41) is 2.94. The van der Waals surface area contributed by atoms with Gasteiger partial charge in [-0.2, -0.15) is 13.2 Å². The van der Waals surface area contributed by atoms with Crippen molar-refractivity contribution in [3.8, 4) is 0 Å². The zero-order chi connectivity index (χ0) is 9.90. The minimum atomic E-state index is -4.90. The van der Waals surface area contributed by atoms with E-state index in [1.54, 1.807) is 0 Å². The molecule has 78 valence electrons. The van der Waals surface area contributed by atoms with E-state index >= 15 is 0 Å². The smallest absolute Gasteiger partial charge is 0.338 e. The van der Waals surface area contributed by atoms with Crippen LogP contribution >= 0.6 is 0 Å². The van der Waals surface area contributed by atoms with Crippen LogP contribution in [-0.2, 0) is 4.74 Å². The summed E-state index contributed by atoms with van der Waals surface area (Å²) in [7, 11) is 0. The quantitative estimate of drug-likeness (QED) is 0.685. The summed E-state index contributed by atoms with van der Waals surface area (Å²) in [6, 6.07) is 0. The first kappa shape index (κ1) is 10.7. The van der Waals surface area contributed by atoms with Crippen molar-refractivity contribution in [1.29, 1.82) is 0 Å². The third-order valence-electron chi connectivity index (χ3n) is 1.86. The van der Waals surface area contributed by atoms with E-state index in [1.807, 2.05) is 0 Å². The van der Waals surface area contributed by atoms with Gasteiger partial charge in [-0.3, -0.25) is 0 Å². The largest absolute Gasteiger partial charge is 0.445 e. The molecule has 0 bridgehead atoms. The Labute approximate surface area is 73.2 Å². The first-order chi connectivity index (χ1) is 6.00. The number of rotatable bonds is 2. The molecule has 0 saturated carbocycles. The topological polar surface area (TPSA) is 21.3 Å². The molecule has 1 atom stereocenters. The Bertz CT molecular complexity index is 155. The fourth-order valence-electron chi connectivity index (χ4n) is 1.18. The normalized spacial score (nSPS) is 23.1. The van der Waals surface area contributed by atoms with Crippen LogP contribution in [-0.4, -0.2) is 31.7 Å². The van der Waals surface area contributed by atoms with E-state index in [-0.39, 0.29) is 0 Å². The van der Waals surface area contributed by atoms with Gasteiger partial charge in [-0.15, -0.1) is 0 Å². The Morgan fingerprint density at radius 3 is 2.23 bits per heavy atom. The standard InChI is InChI=1S/C7H11F4NO/c8-6(7(9,10)11)13-5-1-3-12-4-2-5/h5-6,12H,1-4H2. The highest BCUT2D eigenvalue weighted by molar-refractivity contribution is 4.70. The molecule has 1 aliphatic heterocycles. The predicted octanol–water partition coefficient (Wildman–Crippen LogP) is 1.61. The average Bonchev–Trinajstić information content (AvgIpc) is 2.04. The molecule has 1 aliphatic rings. The molecule has 13 heavy (non-hydrogen) atoms. The maximum atomic E-state index is 12.3. The van der Waals surface area contributed by atoms with Crippen molar-refractivity contribution >= 4 is 0 Å². The van der Waals surface area contributed by atoms with Crippen molar-refractivity contribution in [2.24, 2.45) is 0 Å². The number of halogens is 4. The van der Waals surface area contributed by atoms with Gasteiger partial charge in [-0.1, -0.05) is 0 Å². The van der Waals surface area contributed by atoms with Crippen LogP contribution in [0.1, 0.15) is 12.8 Å². The van der Waals surface area contributed by atoms with Crippen LogP contribution in [0.2, 0.25) is 0 Å². The van der Waals surface area contributed by atoms with Crippen molar-refractivity contribution in [3.63, 3.8) is 0 Å². The molecular weight excluding hydrogens is 190 g/mol. The summed E-state index contributed by atoms with van der Waals surface area (Å²) in [5.74, 6) is 0. The van der Waals surface area contributed by atoms with E-state index in [4.69, 9.17) is 0 Å². The number of hydrogen-bond donors (Lipinski definition) is 1. The minimum Gasteiger partial charge on any atom is -0.338 e. The minimum absolute atomic E-state index is 0.427. The Hall–Kier alpha value is -0.360. The van der Waals surface area contributed by atoms with Crippen LogP contribution in [0.5, 0.6) is 0 Å². The molecule has 2 nitrogen and oxygen atoms in total. The molecule has 0 radical (unpaired) electrons. The number of alkyl halides is 4. The Morgan fingerprint density at radius 2 is 1.77 bits per heavy atom. The van der Waals surface area contributed by atoms with Gasteiger partial charge in [-0.25, -0.2) is 4.39 Å². The fourth-order valence-corrected chi connectivity index (χ4v) is 1.18. The summed E-state index contributed by atoms with van der Waals surface area (Å²) >= 11 is 0. The van der Waals surface area contributed by atoms with Gasteiger partial charge in [0.25, 0.3) is 6.36 Å². The van der Waals surface area contributed by atoms with Crippen molar-refractivity contribution in [1.82, 2.24) is 5.32 Å². The lowest BCUT2D eigenvalue weighted by molar-refractivity contribution is -0.278. The molecule has 1 fully saturated rings. The molecule has 1 unspecified atom stereocenters. The van der Waals surface area contributed by atoms with E-state index in [0.717, 1.165) is 0 Å². The molecule has 0 aromatic heterocycles. The van der Waals surface area contributed by atoms with Crippen LogP contribution in [0.25, 0.3) is 0 Å². The Balaban J connectivity index is 2.30. The second-order valence-electron chi connectivity index (χ2n) is 2.94. The molecule has 1 N–H and O–H groups in total.